The summed E-state index contributed by atoms with van der Waals surface area (Å²) in [4.78, 5) is 27.7. The molecule has 7 heteroatoms. The predicted octanol–water partition coefficient (Wildman–Crippen LogP) is 2.46. The summed E-state index contributed by atoms with van der Waals surface area (Å²) in [5.41, 5.74) is 2.20. The Kier molecular flexibility index (Phi) is 5.11. The highest BCUT2D eigenvalue weighted by Crippen LogP contribution is 2.28. The molecule has 132 valence electrons. The molecule has 0 aliphatic heterocycles. The minimum absolute atomic E-state index is 0.0592. The van der Waals surface area contributed by atoms with Gasteiger partial charge in [-0.25, -0.2) is 9.67 Å². The lowest BCUT2D eigenvalue weighted by Crippen LogP contribution is -2.38. The van der Waals surface area contributed by atoms with Gasteiger partial charge in [-0.05, 0) is 56.4 Å². The van der Waals surface area contributed by atoms with Crippen LogP contribution in [0.1, 0.15) is 54.6 Å². The monoisotopic (exact) mass is 341 g/mol. The topological polar surface area (TPSA) is 88.9 Å². The van der Waals surface area contributed by atoms with Crippen molar-refractivity contribution in [3.05, 3.63) is 42.0 Å². The van der Waals surface area contributed by atoms with Gasteiger partial charge in [0.2, 0.25) is 5.91 Å². The maximum atomic E-state index is 12.6. The van der Waals surface area contributed by atoms with Crippen molar-refractivity contribution in [1.29, 1.82) is 0 Å². The van der Waals surface area contributed by atoms with Crippen LogP contribution in [0.4, 0.5) is 5.69 Å². The first-order valence-corrected chi connectivity index (χ1v) is 8.56. The number of nitrogens with one attached hydrogen (secondary N) is 2. The molecule has 0 atom stereocenters. The number of anilines is 1. The number of carbonyl (C=O) groups excluding carboxylic acids is 2. The molecule has 0 radical (unpaired) electrons. The molecule has 1 aliphatic rings. The van der Waals surface area contributed by atoms with Gasteiger partial charge in [-0.3, -0.25) is 9.59 Å². The third-order valence-corrected chi connectivity index (χ3v) is 4.63. The van der Waals surface area contributed by atoms with Gasteiger partial charge in [-0.2, -0.15) is 5.10 Å². The molecule has 7 nitrogen and oxygen atoms in total. The Morgan fingerprint density at radius 2 is 1.96 bits per heavy atom. The van der Waals surface area contributed by atoms with Gasteiger partial charge in [0.25, 0.3) is 5.91 Å². The standard InChI is InChI=1S/C18H23N5O2/c1-12-9-15(21-13(2)24)5-8-17(12)18(25)22-14-3-6-16(7-4-14)23-11-19-10-20-23/h5,8-11,14,16H,3-4,6-7H2,1-2H3,(H,21,24)(H,22,25). The van der Waals surface area contributed by atoms with Crippen LogP contribution in [0.3, 0.4) is 0 Å². The van der Waals surface area contributed by atoms with E-state index in [0.29, 0.717) is 17.3 Å². The Morgan fingerprint density at radius 1 is 1.20 bits per heavy atom. The minimum atomic E-state index is -0.124. The molecule has 2 N–H and O–H groups in total. The van der Waals surface area contributed by atoms with Gasteiger partial charge in [0, 0.05) is 24.2 Å². The highest BCUT2D eigenvalue weighted by molar-refractivity contribution is 5.97. The van der Waals surface area contributed by atoms with Crippen molar-refractivity contribution in [2.45, 2.75) is 51.6 Å². The third-order valence-electron chi connectivity index (χ3n) is 4.63. The number of rotatable bonds is 4. The number of aromatic nitrogens is 3. The lowest BCUT2D eigenvalue weighted by Gasteiger charge is -2.29. The molecular formula is C18H23N5O2. The van der Waals surface area contributed by atoms with Crippen LogP contribution in [-0.4, -0.2) is 32.6 Å². The molecule has 3 rings (SSSR count). The molecule has 0 saturated heterocycles. The van der Waals surface area contributed by atoms with E-state index in [1.165, 1.54) is 6.92 Å². The van der Waals surface area contributed by atoms with Crippen LogP contribution in [0.25, 0.3) is 0 Å². The van der Waals surface area contributed by atoms with Gasteiger partial charge >= 0.3 is 0 Å². The van der Waals surface area contributed by atoms with Crippen molar-refractivity contribution in [3.63, 3.8) is 0 Å². The number of aryl methyl sites for hydroxylation is 1. The zero-order valence-electron chi connectivity index (χ0n) is 14.5. The predicted molar refractivity (Wildman–Crippen MR) is 94.3 cm³/mol. The summed E-state index contributed by atoms with van der Waals surface area (Å²) >= 11 is 0. The van der Waals surface area contributed by atoms with Gasteiger partial charge in [-0.15, -0.1) is 0 Å². The molecule has 1 saturated carbocycles. The van der Waals surface area contributed by atoms with Crippen LogP contribution in [0, 0.1) is 6.92 Å². The summed E-state index contributed by atoms with van der Waals surface area (Å²) < 4.78 is 1.91. The highest BCUT2D eigenvalue weighted by atomic mass is 16.2. The summed E-state index contributed by atoms with van der Waals surface area (Å²) in [6.07, 6.45) is 7.13. The van der Waals surface area contributed by atoms with Crippen LogP contribution in [-0.2, 0) is 4.79 Å². The molecule has 2 aromatic rings. The van der Waals surface area contributed by atoms with Crippen LogP contribution >= 0.6 is 0 Å². The average molecular weight is 341 g/mol. The number of carbonyl (C=O) groups is 2. The van der Waals surface area contributed by atoms with E-state index in [0.717, 1.165) is 31.2 Å². The molecule has 1 aliphatic carbocycles. The fraction of sp³-hybridized carbons (Fsp3) is 0.444. The second-order valence-corrected chi connectivity index (χ2v) is 6.57. The van der Waals surface area contributed by atoms with Crippen LogP contribution < -0.4 is 10.6 Å². The van der Waals surface area contributed by atoms with E-state index >= 15 is 0 Å². The number of hydrogen-bond acceptors (Lipinski definition) is 4. The van der Waals surface area contributed by atoms with Gasteiger partial charge < -0.3 is 10.6 Å². The van der Waals surface area contributed by atoms with E-state index in [-0.39, 0.29) is 17.9 Å². The number of benzene rings is 1. The fourth-order valence-electron chi connectivity index (χ4n) is 3.35. The molecule has 0 unspecified atom stereocenters. The van der Waals surface area contributed by atoms with E-state index in [2.05, 4.69) is 20.7 Å². The fourth-order valence-corrected chi connectivity index (χ4v) is 3.35. The van der Waals surface area contributed by atoms with Crippen LogP contribution in [0.5, 0.6) is 0 Å². The van der Waals surface area contributed by atoms with E-state index in [9.17, 15) is 9.59 Å². The number of amides is 2. The molecule has 1 heterocycles. The van der Waals surface area contributed by atoms with Crippen molar-refractivity contribution in [1.82, 2.24) is 20.1 Å². The number of hydrogen-bond donors (Lipinski definition) is 2. The second-order valence-electron chi connectivity index (χ2n) is 6.57. The molecule has 2 amide bonds. The molecule has 0 spiro atoms. The molecule has 1 aromatic heterocycles. The largest absolute Gasteiger partial charge is 0.349 e. The van der Waals surface area contributed by atoms with E-state index in [4.69, 9.17) is 0 Å². The molecule has 1 aromatic carbocycles. The minimum Gasteiger partial charge on any atom is -0.349 e. The first-order valence-electron chi connectivity index (χ1n) is 8.56. The van der Waals surface area contributed by atoms with E-state index in [1.807, 2.05) is 17.7 Å². The maximum Gasteiger partial charge on any atom is 0.251 e. The highest BCUT2D eigenvalue weighted by Gasteiger charge is 2.24. The number of nitrogens with zero attached hydrogens (tertiary/aromatic N) is 3. The second kappa shape index (κ2) is 7.46. The van der Waals surface area contributed by atoms with Crippen molar-refractivity contribution in [3.8, 4) is 0 Å². The summed E-state index contributed by atoms with van der Waals surface area (Å²) in [7, 11) is 0. The van der Waals surface area contributed by atoms with Crippen molar-refractivity contribution in [2.75, 3.05) is 5.32 Å². The van der Waals surface area contributed by atoms with Gasteiger partial charge in [0.05, 0.1) is 6.04 Å². The molecule has 25 heavy (non-hydrogen) atoms. The lowest BCUT2D eigenvalue weighted by molar-refractivity contribution is -0.114. The summed E-state index contributed by atoms with van der Waals surface area (Å²) in [5, 5.41) is 10.1. The van der Waals surface area contributed by atoms with Crippen molar-refractivity contribution < 1.29 is 9.59 Å². The lowest BCUT2D eigenvalue weighted by atomic mass is 9.91. The van der Waals surface area contributed by atoms with Crippen LogP contribution in [0.15, 0.2) is 30.9 Å². The molecular weight excluding hydrogens is 318 g/mol. The van der Waals surface area contributed by atoms with Crippen molar-refractivity contribution >= 4 is 17.5 Å². The third kappa shape index (κ3) is 4.23. The Hall–Kier alpha value is -2.70. The summed E-state index contributed by atoms with van der Waals surface area (Å²) in [5.74, 6) is -0.183. The Labute approximate surface area is 146 Å². The SMILES string of the molecule is CC(=O)Nc1ccc(C(=O)NC2CCC(n3cncn3)CC2)c(C)c1. The van der Waals surface area contributed by atoms with E-state index < -0.39 is 0 Å². The zero-order valence-corrected chi connectivity index (χ0v) is 14.5. The van der Waals surface area contributed by atoms with Crippen LogP contribution in [0.2, 0.25) is 0 Å². The summed E-state index contributed by atoms with van der Waals surface area (Å²) in [6, 6.07) is 5.89. The Bertz CT molecular complexity index is 749. The Morgan fingerprint density at radius 3 is 2.56 bits per heavy atom. The first kappa shape index (κ1) is 17.1. The van der Waals surface area contributed by atoms with Crippen molar-refractivity contribution in [2.24, 2.45) is 0 Å². The smallest absolute Gasteiger partial charge is 0.251 e. The van der Waals surface area contributed by atoms with Gasteiger partial charge in [-0.1, -0.05) is 0 Å². The Balaban J connectivity index is 1.57. The zero-order chi connectivity index (χ0) is 17.8. The maximum absolute atomic E-state index is 12.6. The molecule has 1 fully saturated rings. The van der Waals surface area contributed by atoms with Gasteiger partial charge in [0.1, 0.15) is 12.7 Å². The summed E-state index contributed by atoms with van der Waals surface area (Å²) in [6.45, 7) is 3.34. The molecule has 0 bridgehead atoms. The quantitative estimate of drug-likeness (QED) is 0.894. The average Bonchev–Trinajstić information content (AvgIpc) is 3.09. The normalized spacial score (nSPS) is 20.1. The first-order chi connectivity index (χ1) is 12.0. The van der Waals surface area contributed by atoms with Gasteiger partial charge in [0.15, 0.2) is 0 Å². The van der Waals surface area contributed by atoms with E-state index in [1.54, 1.807) is 24.8 Å².